The minimum Gasteiger partial charge on any atom is -0.440 e. The van der Waals surface area contributed by atoms with E-state index in [0.29, 0.717) is 5.92 Å². The van der Waals surface area contributed by atoms with E-state index in [2.05, 4.69) is 29.1 Å². The summed E-state index contributed by atoms with van der Waals surface area (Å²) in [4.78, 5) is 10.0. The van der Waals surface area contributed by atoms with Crippen molar-refractivity contribution in [3.05, 3.63) is 40.2 Å². The number of hydrogen-bond donors (Lipinski definition) is 1. The quantitative estimate of drug-likeness (QED) is 0.776. The van der Waals surface area contributed by atoms with Crippen LogP contribution in [0.1, 0.15) is 36.2 Å². The second-order valence-corrected chi connectivity index (χ2v) is 6.04. The molecule has 104 valence electrons. The molecule has 20 heavy (non-hydrogen) atoms. The number of fused-ring (bicyclic) bond motifs is 1. The van der Waals surface area contributed by atoms with Crippen molar-refractivity contribution in [3.8, 4) is 0 Å². The number of anilines is 1. The molecular formula is C15H17N3OS. The van der Waals surface area contributed by atoms with Crippen LogP contribution in [0.25, 0.3) is 11.1 Å². The highest BCUT2D eigenvalue weighted by Gasteiger charge is 2.09. The molecule has 0 atom stereocenters. The van der Waals surface area contributed by atoms with Crippen LogP contribution in [-0.2, 0) is 6.54 Å². The van der Waals surface area contributed by atoms with Gasteiger partial charge in [0.25, 0.3) is 0 Å². The monoisotopic (exact) mass is 287 g/mol. The summed E-state index contributed by atoms with van der Waals surface area (Å²) in [6, 6.07) is 6.02. The lowest BCUT2D eigenvalue weighted by molar-refractivity contribution is 0.501. The van der Waals surface area contributed by atoms with Crippen molar-refractivity contribution < 1.29 is 4.42 Å². The maximum absolute atomic E-state index is 5.71. The maximum Gasteiger partial charge on any atom is 0.198 e. The van der Waals surface area contributed by atoms with E-state index < -0.39 is 0 Å². The summed E-state index contributed by atoms with van der Waals surface area (Å²) in [6.07, 6.45) is 0. The lowest BCUT2D eigenvalue weighted by atomic mass is 10.2. The Balaban J connectivity index is 1.80. The zero-order valence-corrected chi connectivity index (χ0v) is 12.6. The molecule has 5 heteroatoms. The summed E-state index contributed by atoms with van der Waals surface area (Å²) < 4.78 is 5.71. The zero-order valence-electron chi connectivity index (χ0n) is 11.8. The van der Waals surface area contributed by atoms with Crippen LogP contribution in [0, 0.1) is 6.92 Å². The predicted octanol–water partition coefficient (Wildman–Crippen LogP) is 4.33. The normalized spacial score (nSPS) is 11.4. The Morgan fingerprint density at radius 1 is 1.35 bits per heavy atom. The van der Waals surface area contributed by atoms with E-state index in [0.717, 1.165) is 34.9 Å². The van der Waals surface area contributed by atoms with E-state index in [1.54, 1.807) is 11.3 Å². The molecule has 3 aromatic rings. The highest BCUT2D eigenvalue weighted by Crippen LogP contribution is 2.24. The first-order chi connectivity index (χ1) is 9.63. The molecule has 0 bridgehead atoms. The molecule has 0 radical (unpaired) electrons. The molecular weight excluding hydrogens is 270 g/mol. The number of hydrogen-bond acceptors (Lipinski definition) is 5. The third-order valence-corrected chi connectivity index (χ3v) is 4.13. The van der Waals surface area contributed by atoms with Crippen molar-refractivity contribution in [3.63, 3.8) is 0 Å². The molecule has 3 rings (SSSR count). The average molecular weight is 287 g/mol. The molecule has 2 heterocycles. The van der Waals surface area contributed by atoms with Gasteiger partial charge in [-0.3, -0.25) is 0 Å². The smallest absolute Gasteiger partial charge is 0.198 e. The summed E-state index contributed by atoms with van der Waals surface area (Å²) >= 11 is 1.67. The second-order valence-electron chi connectivity index (χ2n) is 5.10. The minimum atomic E-state index is 0.304. The van der Waals surface area contributed by atoms with E-state index in [9.17, 15) is 0 Å². The minimum absolute atomic E-state index is 0.304. The molecule has 0 aliphatic carbocycles. The summed E-state index contributed by atoms with van der Waals surface area (Å²) in [7, 11) is 0. The fourth-order valence-electron chi connectivity index (χ4n) is 1.98. The van der Waals surface area contributed by atoms with E-state index >= 15 is 0 Å². The van der Waals surface area contributed by atoms with E-state index in [-0.39, 0.29) is 0 Å². The van der Waals surface area contributed by atoms with Crippen molar-refractivity contribution >= 4 is 28.1 Å². The fourth-order valence-corrected chi connectivity index (χ4v) is 2.70. The van der Waals surface area contributed by atoms with Gasteiger partial charge < -0.3 is 9.73 Å². The summed E-state index contributed by atoms with van der Waals surface area (Å²) in [6.45, 7) is 6.98. The number of oxazole rings is 1. The molecule has 0 unspecified atom stereocenters. The van der Waals surface area contributed by atoms with E-state index in [1.165, 1.54) is 4.88 Å². The van der Waals surface area contributed by atoms with Crippen LogP contribution in [0.5, 0.6) is 0 Å². The molecule has 0 spiro atoms. The Morgan fingerprint density at radius 3 is 2.90 bits per heavy atom. The molecule has 0 aliphatic heterocycles. The summed E-state index contributed by atoms with van der Waals surface area (Å²) in [5.41, 5.74) is 5.76. The van der Waals surface area contributed by atoms with Crippen LogP contribution in [0.3, 0.4) is 0 Å². The van der Waals surface area contributed by atoms with Crippen molar-refractivity contribution in [1.82, 2.24) is 9.97 Å². The number of aryl methyl sites for hydroxylation is 1. The number of aromatic nitrogens is 2. The predicted molar refractivity (Wildman–Crippen MR) is 82.3 cm³/mol. The van der Waals surface area contributed by atoms with Crippen molar-refractivity contribution in [2.75, 3.05) is 5.32 Å². The Labute approximate surface area is 121 Å². The van der Waals surface area contributed by atoms with Gasteiger partial charge in [0.05, 0.1) is 17.7 Å². The van der Waals surface area contributed by atoms with Crippen LogP contribution < -0.4 is 5.32 Å². The molecule has 4 nitrogen and oxygen atoms in total. The third kappa shape index (κ3) is 2.54. The topological polar surface area (TPSA) is 51.0 Å². The van der Waals surface area contributed by atoms with Crippen LogP contribution in [0.2, 0.25) is 0 Å². The van der Waals surface area contributed by atoms with E-state index in [4.69, 9.17) is 4.42 Å². The Morgan fingerprint density at radius 2 is 2.20 bits per heavy atom. The van der Waals surface area contributed by atoms with Gasteiger partial charge in [-0.15, -0.1) is 11.3 Å². The van der Waals surface area contributed by atoms with E-state index in [1.807, 2.05) is 30.6 Å². The van der Waals surface area contributed by atoms with Crippen LogP contribution in [0.15, 0.2) is 28.1 Å². The largest absolute Gasteiger partial charge is 0.440 e. The first-order valence-electron chi connectivity index (χ1n) is 6.67. The molecule has 2 aromatic heterocycles. The highest BCUT2D eigenvalue weighted by atomic mass is 32.1. The number of thiazole rings is 1. The lowest BCUT2D eigenvalue weighted by Gasteiger charge is -2.04. The number of nitrogens with zero attached hydrogens (tertiary/aromatic N) is 2. The van der Waals surface area contributed by atoms with Crippen LogP contribution in [-0.4, -0.2) is 9.97 Å². The molecule has 0 saturated heterocycles. The second kappa shape index (κ2) is 5.25. The molecule has 0 amide bonds. The van der Waals surface area contributed by atoms with Crippen LogP contribution in [0.4, 0.5) is 5.69 Å². The average Bonchev–Trinajstić information content (AvgIpc) is 3.01. The van der Waals surface area contributed by atoms with Crippen LogP contribution >= 0.6 is 11.3 Å². The first kappa shape index (κ1) is 13.1. The van der Waals surface area contributed by atoms with Crippen molar-refractivity contribution in [2.45, 2.75) is 33.2 Å². The fraction of sp³-hybridized carbons (Fsp3) is 0.333. The number of nitrogens with one attached hydrogen (secondary N) is 1. The van der Waals surface area contributed by atoms with Gasteiger partial charge in [-0.25, -0.2) is 9.97 Å². The van der Waals surface area contributed by atoms with Gasteiger partial charge in [-0.1, -0.05) is 13.8 Å². The van der Waals surface area contributed by atoms with Gasteiger partial charge in [0.15, 0.2) is 11.5 Å². The van der Waals surface area contributed by atoms with Gasteiger partial charge in [-0.05, 0) is 25.1 Å². The molecule has 0 aliphatic rings. The SMILES string of the molecule is Cc1ncsc1CNc1ccc2oc(C(C)C)nc2c1. The first-order valence-corrected chi connectivity index (χ1v) is 7.55. The number of benzene rings is 1. The van der Waals surface area contributed by atoms with Gasteiger partial charge in [0.2, 0.25) is 0 Å². The Hall–Kier alpha value is -1.88. The zero-order chi connectivity index (χ0) is 14.1. The van der Waals surface area contributed by atoms with Gasteiger partial charge in [0.1, 0.15) is 5.52 Å². The van der Waals surface area contributed by atoms with Gasteiger partial charge >= 0.3 is 0 Å². The molecule has 1 N–H and O–H groups in total. The number of rotatable bonds is 4. The maximum atomic E-state index is 5.71. The lowest BCUT2D eigenvalue weighted by Crippen LogP contribution is -1.98. The Kier molecular flexibility index (Phi) is 3.44. The molecule has 0 saturated carbocycles. The Bertz CT molecular complexity index is 730. The van der Waals surface area contributed by atoms with Crippen molar-refractivity contribution in [1.29, 1.82) is 0 Å². The van der Waals surface area contributed by atoms with Crippen molar-refractivity contribution in [2.24, 2.45) is 0 Å². The molecule has 0 fully saturated rings. The van der Waals surface area contributed by atoms with Gasteiger partial charge in [-0.2, -0.15) is 0 Å². The highest BCUT2D eigenvalue weighted by molar-refractivity contribution is 7.09. The summed E-state index contributed by atoms with van der Waals surface area (Å²) in [5.74, 6) is 1.09. The third-order valence-electron chi connectivity index (χ3n) is 3.20. The standard InChI is InChI=1S/C15H17N3OS/c1-9(2)15-18-12-6-11(4-5-13(12)19-15)16-7-14-10(3)17-8-20-14/h4-6,8-9,16H,7H2,1-3H3. The summed E-state index contributed by atoms with van der Waals surface area (Å²) in [5, 5.41) is 3.41. The van der Waals surface area contributed by atoms with Gasteiger partial charge in [0, 0.05) is 16.5 Å². The molecule has 1 aromatic carbocycles.